The van der Waals surface area contributed by atoms with Crippen molar-refractivity contribution < 1.29 is 13.2 Å². The monoisotopic (exact) mass is 303 g/mol. The first-order valence-corrected chi connectivity index (χ1v) is 5.69. The molecule has 1 heterocycles. The number of rotatable bonds is 1. The maximum absolute atomic E-state index is 12.9. The van der Waals surface area contributed by atoms with E-state index in [1.54, 1.807) is 24.5 Å². The Balaban J connectivity index is 2.61. The van der Waals surface area contributed by atoms with Crippen LogP contribution in [0.1, 0.15) is 11.1 Å². The number of halogens is 4. The average molecular weight is 304 g/mol. The van der Waals surface area contributed by atoms with Gasteiger partial charge in [0, 0.05) is 16.9 Å². The molecule has 0 unspecified atom stereocenters. The number of aryl methyl sites for hydroxylation is 1. The highest BCUT2D eigenvalue weighted by Crippen LogP contribution is 2.35. The molecule has 0 spiro atoms. The summed E-state index contributed by atoms with van der Waals surface area (Å²) in [5.74, 6) is 0. The highest BCUT2D eigenvalue weighted by atomic mass is 79.9. The van der Waals surface area contributed by atoms with Gasteiger partial charge in [0.1, 0.15) is 0 Å². The van der Waals surface area contributed by atoms with E-state index in [1.807, 2.05) is 6.92 Å². The normalized spacial score (nSPS) is 11.8. The smallest absolute Gasteiger partial charge is 0.323 e. The van der Waals surface area contributed by atoms with E-state index in [4.69, 9.17) is 0 Å². The Morgan fingerprint density at radius 2 is 1.88 bits per heavy atom. The Labute approximate surface area is 105 Å². The molecule has 0 saturated carbocycles. The van der Waals surface area contributed by atoms with Crippen LogP contribution in [0.3, 0.4) is 0 Å². The van der Waals surface area contributed by atoms with Crippen LogP contribution in [0, 0.1) is 6.92 Å². The van der Waals surface area contributed by atoms with Crippen molar-refractivity contribution >= 4 is 15.9 Å². The molecule has 0 saturated heterocycles. The van der Waals surface area contributed by atoms with Crippen LogP contribution >= 0.6 is 15.9 Å². The van der Waals surface area contributed by atoms with Gasteiger partial charge in [-0.1, -0.05) is 15.9 Å². The number of aromatic nitrogens is 1. The molecule has 0 aliphatic carbocycles. The molecule has 17 heavy (non-hydrogen) atoms. The van der Waals surface area contributed by atoms with Crippen LogP contribution in [0.15, 0.2) is 41.1 Å². The van der Waals surface area contributed by atoms with E-state index in [0.29, 0.717) is 4.47 Å². The largest absolute Gasteiger partial charge is 0.418 e. The Hall–Kier alpha value is -1.23. The molecule has 0 aliphatic heterocycles. The van der Waals surface area contributed by atoms with Gasteiger partial charge >= 0.3 is 6.18 Å². The Bertz CT molecular complexity index is 543. The molecule has 1 aromatic carbocycles. The van der Waals surface area contributed by atoms with Gasteiger partial charge in [-0.2, -0.15) is 13.2 Å². The predicted molar refractivity (Wildman–Crippen MR) is 63.2 cm³/mol. The van der Waals surface area contributed by atoms with Crippen molar-refractivity contribution in [1.29, 1.82) is 0 Å². The lowest BCUT2D eigenvalue weighted by Crippen LogP contribution is -2.10. The average Bonchev–Trinajstić information content (AvgIpc) is 2.63. The van der Waals surface area contributed by atoms with E-state index < -0.39 is 11.7 Å². The molecular weight excluding hydrogens is 295 g/mol. The zero-order valence-corrected chi connectivity index (χ0v) is 10.5. The molecule has 0 atom stereocenters. The van der Waals surface area contributed by atoms with E-state index in [9.17, 15) is 13.2 Å². The quantitative estimate of drug-likeness (QED) is 0.727. The first kappa shape index (κ1) is 12.2. The highest BCUT2D eigenvalue weighted by Gasteiger charge is 2.34. The second-order valence-electron chi connectivity index (χ2n) is 3.76. The summed E-state index contributed by atoms with van der Waals surface area (Å²) in [7, 11) is 0. The lowest BCUT2D eigenvalue weighted by molar-refractivity contribution is -0.137. The third kappa shape index (κ3) is 2.54. The van der Waals surface area contributed by atoms with Crippen molar-refractivity contribution in [3.8, 4) is 5.69 Å². The molecule has 0 aliphatic rings. The van der Waals surface area contributed by atoms with Gasteiger partial charge in [-0.25, -0.2) is 0 Å². The summed E-state index contributed by atoms with van der Waals surface area (Å²) in [5, 5.41) is 0. The summed E-state index contributed by atoms with van der Waals surface area (Å²) >= 11 is 3.06. The van der Waals surface area contributed by atoms with Crippen molar-refractivity contribution in [2.24, 2.45) is 0 Å². The lowest BCUT2D eigenvalue weighted by atomic mass is 10.1. The van der Waals surface area contributed by atoms with Gasteiger partial charge in [0.05, 0.1) is 11.3 Å². The van der Waals surface area contributed by atoms with Gasteiger partial charge < -0.3 is 4.57 Å². The van der Waals surface area contributed by atoms with Gasteiger partial charge in [0.15, 0.2) is 0 Å². The number of hydrogen-bond donors (Lipinski definition) is 0. The van der Waals surface area contributed by atoms with E-state index >= 15 is 0 Å². The van der Waals surface area contributed by atoms with Gasteiger partial charge in [-0.15, -0.1) is 0 Å². The van der Waals surface area contributed by atoms with Crippen molar-refractivity contribution in [3.05, 3.63) is 52.3 Å². The molecule has 1 nitrogen and oxygen atoms in total. The maximum Gasteiger partial charge on any atom is 0.418 e. The number of alkyl halides is 3. The van der Waals surface area contributed by atoms with Crippen LogP contribution < -0.4 is 0 Å². The summed E-state index contributed by atoms with van der Waals surface area (Å²) in [5.41, 5.74) is 0.400. The van der Waals surface area contributed by atoms with Gasteiger partial charge in [-0.05, 0) is 36.8 Å². The third-order valence-electron chi connectivity index (χ3n) is 2.38. The van der Waals surface area contributed by atoms with E-state index in [2.05, 4.69) is 15.9 Å². The molecule has 5 heteroatoms. The van der Waals surface area contributed by atoms with Crippen molar-refractivity contribution in [2.45, 2.75) is 13.1 Å². The van der Waals surface area contributed by atoms with Gasteiger partial charge in [0.25, 0.3) is 0 Å². The molecular formula is C12H9BrF3N. The van der Waals surface area contributed by atoms with Crippen LogP contribution in [0.4, 0.5) is 13.2 Å². The van der Waals surface area contributed by atoms with Crippen LogP contribution in [0.25, 0.3) is 5.69 Å². The molecule has 0 radical (unpaired) electrons. The Morgan fingerprint density at radius 3 is 2.41 bits per heavy atom. The SMILES string of the molecule is Cc1ccn(-c2ccc(Br)cc2C(F)(F)F)c1. The summed E-state index contributed by atoms with van der Waals surface area (Å²) in [6, 6.07) is 5.90. The fourth-order valence-electron chi connectivity index (χ4n) is 1.61. The molecule has 2 rings (SSSR count). The Kier molecular flexibility index (Phi) is 3.03. The number of hydrogen-bond acceptors (Lipinski definition) is 0. The van der Waals surface area contributed by atoms with E-state index in [-0.39, 0.29) is 5.69 Å². The minimum atomic E-state index is -4.36. The van der Waals surface area contributed by atoms with E-state index in [0.717, 1.165) is 11.6 Å². The molecule has 0 fully saturated rings. The molecule has 0 N–H and O–H groups in total. The number of benzene rings is 1. The summed E-state index contributed by atoms with van der Waals surface area (Å²) in [6.45, 7) is 1.84. The van der Waals surface area contributed by atoms with E-state index in [1.165, 1.54) is 10.6 Å². The second-order valence-corrected chi connectivity index (χ2v) is 4.67. The third-order valence-corrected chi connectivity index (χ3v) is 2.88. The van der Waals surface area contributed by atoms with Crippen molar-refractivity contribution in [3.63, 3.8) is 0 Å². The molecule has 90 valence electrons. The molecule has 2 aromatic rings. The highest BCUT2D eigenvalue weighted by molar-refractivity contribution is 9.10. The first-order valence-electron chi connectivity index (χ1n) is 4.89. The minimum Gasteiger partial charge on any atom is -0.323 e. The van der Waals surface area contributed by atoms with Crippen molar-refractivity contribution in [1.82, 2.24) is 4.57 Å². The van der Waals surface area contributed by atoms with Gasteiger partial charge in [0.2, 0.25) is 0 Å². The fourth-order valence-corrected chi connectivity index (χ4v) is 1.97. The zero-order chi connectivity index (χ0) is 12.6. The van der Waals surface area contributed by atoms with Crippen LogP contribution in [-0.4, -0.2) is 4.57 Å². The minimum absolute atomic E-state index is 0.133. The summed E-state index contributed by atoms with van der Waals surface area (Å²) < 4.78 is 40.6. The van der Waals surface area contributed by atoms with Crippen LogP contribution in [0.2, 0.25) is 0 Å². The van der Waals surface area contributed by atoms with Crippen LogP contribution in [0.5, 0.6) is 0 Å². The maximum atomic E-state index is 12.9. The standard InChI is InChI=1S/C12H9BrF3N/c1-8-4-5-17(7-8)11-3-2-9(13)6-10(11)12(14,15)16/h2-7H,1H3. The zero-order valence-electron chi connectivity index (χ0n) is 8.92. The first-order chi connectivity index (χ1) is 7.88. The lowest BCUT2D eigenvalue weighted by Gasteiger charge is -2.14. The van der Waals surface area contributed by atoms with Crippen LogP contribution in [-0.2, 0) is 6.18 Å². The predicted octanol–water partition coefficient (Wildman–Crippen LogP) is 4.57. The fraction of sp³-hybridized carbons (Fsp3) is 0.167. The summed E-state index contributed by atoms with van der Waals surface area (Å²) in [6.07, 6.45) is -1.08. The van der Waals surface area contributed by atoms with Crippen molar-refractivity contribution in [2.75, 3.05) is 0 Å². The van der Waals surface area contributed by atoms with Gasteiger partial charge in [-0.3, -0.25) is 0 Å². The topological polar surface area (TPSA) is 4.93 Å². The number of nitrogens with zero attached hydrogens (tertiary/aromatic N) is 1. The molecule has 0 amide bonds. The Morgan fingerprint density at radius 1 is 1.18 bits per heavy atom. The molecule has 1 aromatic heterocycles. The second kappa shape index (κ2) is 4.22. The molecule has 0 bridgehead atoms. The summed E-state index contributed by atoms with van der Waals surface area (Å²) in [4.78, 5) is 0.